The van der Waals surface area contributed by atoms with Gasteiger partial charge in [0, 0.05) is 13.2 Å². The highest BCUT2D eigenvalue weighted by molar-refractivity contribution is 5.92. The van der Waals surface area contributed by atoms with Gasteiger partial charge < -0.3 is 14.6 Å². The zero-order valence-corrected chi connectivity index (χ0v) is 7.83. The third-order valence-electron chi connectivity index (χ3n) is 1.60. The van der Waals surface area contributed by atoms with Crippen LogP contribution in [0.15, 0.2) is 10.6 Å². The van der Waals surface area contributed by atoms with Crippen LogP contribution in [0.25, 0.3) is 0 Å². The van der Waals surface area contributed by atoms with E-state index in [-0.39, 0.29) is 5.91 Å². The molecule has 13 heavy (non-hydrogen) atoms. The lowest BCUT2D eigenvalue weighted by Gasteiger charge is -2.07. The molecule has 0 aliphatic heterocycles. The Kier molecular flexibility index (Phi) is 3.02. The number of carbonyl (C=O) groups is 1. The van der Waals surface area contributed by atoms with Gasteiger partial charge in [-0.05, 0) is 13.8 Å². The van der Waals surface area contributed by atoms with Gasteiger partial charge in [0.2, 0.25) is 0 Å². The van der Waals surface area contributed by atoms with Gasteiger partial charge in [-0.15, -0.1) is 0 Å². The van der Waals surface area contributed by atoms with Crippen LogP contribution < -0.4 is 5.32 Å². The van der Waals surface area contributed by atoms with Gasteiger partial charge >= 0.3 is 0 Å². The number of carbonyl (C=O) groups excluding carboxylic acids is 1. The molecule has 0 aromatic carbocycles. The number of amides is 1. The molecule has 0 aliphatic rings. The highest BCUT2D eigenvalue weighted by Crippen LogP contribution is 2.07. The summed E-state index contributed by atoms with van der Waals surface area (Å²) in [5.41, 5.74) is 0. The first-order valence-electron chi connectivity index (χ1n) is 3.90. The van der Waals surface area contributed by atoms with Gasteiger partial charge in [0.15, 0.2) is 5.82 Å². The predicted octanol–water partition coefficient (Wildman–Crippen LogP) is 0.956. The molecule has 5 nitrogen and oxygen atoms in total. The van der Waals surface area contributed by atoms with E-state index in [0.717, 1.165) is 0 Å². The molecular formula is C8H12N2O3. The molecule has 1 amide bonds. The van der Waals surface area contributed by atoms with Crippen LogP contribution in [0.1, 0.15) is 12.7 Å². The Balaban J connectivity index is 2.54. The van der Waals surface area contributed by atoms with E-state index in [9.17, 15) is 4.79 Å². The van der Waals surface area contributed by atoms with E-state index in [1.165, 1.54) is 7.11 Å². The Morgan fingerprint density at radius 2 is 2.46 bits per heavy atom. The van der Waals surface area contributed by atoms with Crippen molar-refractivity contribution in [1.82, 2.24) is 5.16 Å². The molecule has 0 bridgehead atoms. The summed E-state index contributed by atoms with van der Waals surface area (Å²) in [5.74, 6) is 0.822. The fourth-order valence-corrected chi connectivity index (χ4v) is 0.760. The minimum absolute atomic E-state index is 0.240. The number of aromatic nitrogens is 1. The van der Waals surface area contributed by atoms with Crippen LogP contribution in [0, 0.1) is 6.92 Å². The van der Waals surface area contributed by atoms with Crippen LogP contribution in [0.5, 0.6) is 0 Å². The second-order valence-electron chi connectivity index (χ2n) is 2.69. The monoisotopic (exact) mass is 184 g/mol. The van der Waals surface area contributed by atoms with E-state index in [1.54, 1.807) is 19.9 Å². The molecule has 1 N–H and O–H groups in total. The number of aryl methyl sites for hydroxylation is 1. The van der Waals surface area contributed by atoms with Crippen LogP contribution in [0.3, 0.4) is 0 Å². The number of methoxy groups -OCH3 is 1. The second kappa shape index (κ2) is 4.04. The fourth-order valence-electron chi connectivity index (χ4n) is 0.760. The van der Waals surface area contributed by atoms with E-state index in [1.807, 2.05) is 0 Å². The Bertz CT molecular complexity index is 295. The standard InChI is InChI=1S/C8H12N2O3/c1-5-4-7(10-13-5)9-8(11)6(2)12-3/h4,6H,1-3H3,(H,9,10,11). The van der Waals surface area contributed by atoms with E-state index in [0.29, 0.717) is 11.6 Å². The van der Waals surface area contributed by atoms with Gasteiger partial charge in [0.1, 0.15) is 11.9 Å². The van der Waals surface area contributed by atoms with Gasteiger partial charge in [-0.2, -0.15) is 0 Å². The first kappa shape index (κ1) is 9.73. The van der Waals surface area contributed by atoms with E-state index in [4.69, 9.17) is 9.26 Å². The lowest BCUT2D eigenvalue weighted by atomic mass is 10.4. The lowest BCUT2D eigenvalue weighted by Crippen LogP contribution is -2.26. The minimum Gasteiger partial charge on any atom is -0.372 e. The molecule has 1 rings (SSSR count). The van der Waals surface area contributed by atoms with Crippen molar-refractivity contribution < 1.29 is 14.1 Å². The Morgan fingerprint density at radius 3 is 2.92 bits per heavy atom. The van der Waals surface area contributed by atoms with Gasteiger partial charge in [-0.25, -0.2) is 0 Å². The van der Waals surface area contributed by atoms with Crippen molar-refractivity contribution in [3.8, 4) is 0 Å². The molecule has 5 heteroatoms. The van der Waals surface area contributed by atoms with Gasteiger partial charge in [0.05, 0.1) is 0 Å². The molecule has 1 aromatic heterocycles. The smallest absolute Gasteiger partial charge is 0.254 e. The van der Waals surface area contributed by atoms with Gasteiger partial charge in [-0.3, -0.25) is 4.79 Å². The second-order valence-corrected chi connectivity index (χ2v) is 2.69. The van der Waals surface area contributed by atoms with Crippen molar-refractivity contribution in [1.29, 1.82) is 0 Å². The zero-order chi connectivity index (χ0) is 9.84. The SMILES string of the molecule is COC(C)C(=O)Nc1cc(C)on1. The zero-order valence-electron chi connectivity index (χ0n) is 7.83. The summed E-state index contributed by atoms with van der Waals surface area (Å²) in [6.45, 7) is 3.41. The number of hydrogen-bond acceptors (Lipinski definition) is 4. The van der Waals surface area contributed by atoms with Crippen LogP contribution in [-0.4, -0.2) is 24.3 Å². The molecule has 1 heterocycles. The highest BCUT2D eigenvalue weighted by atomic mass is 16.5. The quantitative estimate of drug-likeness (QED) is 0.759. The number of nitrogens with zero attached hydrogens (tertiary/aromatic N) is 1. The van der Waals surface area contributed by atoms with Crippen molar-refractivity contribution in [2.75, 3.05) is 12.4 Å². The topological polar surface area (TPSA) is 64.4 Å². The largest absolute Gasteiger partial charge is 0.372 e. The summed E-state index contributed by atoms with van der Waals surface area (Å²) in [7, 11) is 1.47. The first-order chi connectivity index (χ1) is 6.13. The fraction of sp³-hybridized carbons (Fsp3) is 0.500. The first-order valence-corrected chi connectivity index (χ1v) is 3.90. The van der Waals surface area contributed by atoms with E-state index >= 15 is 0 Å². The van der Waals surface area contributed by atoms with Crippen LogP contribution >= 0.6 is 0 Å². The molecular weight excluding hydrogens is 172 g/mol. The number of anilines is 1. The number of ether oxygens (including phenoxy) is 1. The maximum Gasteiger partial charge on any atom is 0.254 e. The third kappa shape index (κ3) is 2.55. The minimum atomic E-state index is -0.489. The molecule has 0 saturated carbocycles. The summed E-state index contributed by atoms with van der Waals surface area (Å²) in [6, 6.07) is 1.64. The molecule has 0 spiro atoms. The van der Waals surface area contributed by atoms with Crippen molar-refractivity contribution >= 4 is 11.7 Å². The summed E-state index contributed by atoms with van der Waals surface area (Å²) < 4.78 is 9.59. The summed E-state index contributed by atoms with van der Waals surface area (Å²) in [4.78, 5) is 11.2. The Labute approximate surface area is 76.0 Å². The van der Waals surface area contributed by atoms with E-state index < -0.39 is 6.10 Å². The van der Waals surface area contributed by atoms with Crippen molar-refractivity contribution in [3.05, 3.63) is 11.8 Å². The molecule has 1 aromatic rings. The van der Waals surface area contributed by atoms with Crippen molar-refractivity contribution in [2.24, 2.45) is 0 Å². The Hall–Kier alpha value is -1.36. The molecule has 0 saturated heterocycles. The Morgan fingerprint density at radius 1 is 1.77 bits per heavy atom. The highest BCUT2D eigenvalue weighted by Gasteiger charge is 2.12. The maximum absolute atomic E-state index is 11.2. The molecule has 0 fully saturated rings. The van der Waals surface area contributed by atoms with Crippen LogP contribution in [0.4, 0.5) is 5.82 Å². The number of hydrogen-bond donors (Lipinski definition) is 1. The molecule has 0 aliphatic carbocycles. The predicted molar refractivity (Wildman–Crippen MR) is 46.3 cm³/mol. The van der Waals surface area contributed by atoms with Crippen LogP contribution in [0.2, 0.25) is 0 Å². The van der Waals surface area contributed by atoms with E-state index in [2.05, 4.69) is 10.5 Å². The molecule has 1 unspecified atom stereocenters. The average Bonchev–Trinajstić information content (AvgIpc) is 2.49. The average molecular weight is 184 g/mol. The number of rotatable bonds is 3. The van der Waals surface area contributed by atoms with Gasteiger partial charge in [0.25, 0.3) is 5.91 Å². The molecule has 0 radical (unpaired) electrons. The van der Waals surface area contributed by atoms with Crippen molar-refractivity contribution in [2.45, 2.75) is 20.0 Å². The normalized spacial score (nSPS) is 12.5. The lowest BCUT2D eigenvalue weighted by molar-refractivity contribution is -0.124. The van der Waals surface area contributed by atoms with Crippen LogP contribution in [-0.2, 0) is 9.53 Å². The van der Waals surface area contributed by atoms with Crippen molar-refractivity contribution in [3.63, 3.8) is 0 Å². The molecule has 72 valence electrons. The van der Waals surface area contributed by atoms with Gasteiger partial charge in [-0.1, -0.05) is 5.16 Å². The maximum atomic E-state index is 11.2. The number of nitrogens with one attached hydrogen (secondary N) is 1. The summed E-state index contributed by atoms with van der Waals surface area (Å²) >= 11 is 0. The molecule has 1 atom stereocenters. The summed E-state index contributed by atoms with van der Waals surface area (Å²) in [6.07, 6.45) is -0.489. The summed E-state index contributed by atoms with van der Waals surface area (Å²) in [5, 5.41) is 6.15. The third-order valence-corrected chi connectivity index (χ3v) is 1.60.